The van der Waals surface area contributed by atoms with Crippen molar-refractivity contribution < 1.29 is 0 Å². The molecule has 2 aliphatic rings. The number of alkyl halides is 1. The van der Waals surface area contributed by atoms with Gasteiger partial charge in [-0.1, -0.05) is 70.5 Å². The first-order valence-corrected chi connectivity index (χ1v) is 6.18. The van der Waals surface area contributed by atoms with Crippen LogP contribution in [0.3, 0.4) is 0 Å². The van der Waals surface area contributed by atoms with E-state index in [4.69, 9.17) is 0 Å². The van der Waals surface area contributed by atoms with Gasteiger partial charge in [0, 0.05) is 5.33 Å². The molecule has 76 valence electrons. The molecule has 0 saturated heterocycles. The van der Waals surface area contributed by atoms with Crippen LogP contribution in [0, 0.1) is 0 Å². The lowest BCUT2D eigenvalue weighted by Crippen LogP contribution is -1.97. The molecule has 0 radical (unpaired) electrons. The maximum atomic E-state index is 3.36. The molecule has 1 heteroatoms. The summed E-state index contributed by atoms with van der Waals surface area (Å²) in [5.41, 5.74) is 4.29. The topological polar surface area (TPSA) is 0 Å². The molecule has 0 unspecified atom stereocenters. The van der Waals surface area contributed by atoms with Gasteiger partial charge in [-0.3, -0.25) is 0 Å². The highest BCUT2D eigenvalue weighted by Gasteiger charge is 2.04. The Bertz CT molecular complexity index is 396. The molecule has 0 spiro atoms. The van der Waals surface area contributed by atoms with E-state index in [2.05, 4.69) is 52.3 Å². The molecule has 0 fully saturated rings. The number of benzene rings is 2. The minimum absolute atomic E-state index is 0.952. The summed E-state index contributed by atoms with van der Waals surface area (Å²) < 4.78 is 0. The molecule has 15 heavy (non-hydrogen) atoms. The normalized spacial score (nSPS) is 11.0. The van der Waals surface area contributed by atoms with Crippen LogP contribution in [0.1, 0.15) is 16.7 Å². The van der Waals surface area contributed by atoms with Crippen LogP contribution in [0.4, 0.5) is 0 Å². The number of hydrogen-bond donors (Lipinski definition) is 0. The number of fused-ring (bicyclic) bond motifs is 2. The van der Waals surface area contributed by atoms with Gasteiger partial charge < -0.3 is 0 Å². The molecule has 0 heterocycles. The fraction of sp³-hybridized carbons (Fsp3) is 0.143. The highest BCUT2D eigenvalue weighted by Crippen LogP contribution is 2.18. The van der Waals surface area contributed by atoms with Crippen molar-refractivity contribution in [1.29, 1.82) is 0 Å². The second-order valence-electron chi connectivity index (χ2n) is 3.62. The second kappa shape index (κ2) is 5.13. The maximum absolute atomic E-state index is 3.36. The Hall–Kier alpha value is -1.08. The van der Waals surface area contributed by atoms with Gasteiger partial charge in [0.05, 0.1) is 0 Å². The summed E-state index contributed by atoms with van der Waals surface area (Å²) in [5, 5.41) is 0.952. The first-order chi connectivity index (χ1) is 7.38. The first-order valence-electron chi connectivity index (χ1n) is 5.06. The molecule has 0 aromatic heterocycles. The van der Waals surface area contributed by atoms with E-state index in [9.17, 15) is 0 Å². The Balaban J connectivity index is 0.000000114. The summed E-state index contributed by atoms with van der Waals surface area (Å²) in [6, 6.07) is 18.9. The summed E-state index contributed by atoms with van der Waals surface area (Å²) in [5.74, 6) is 0. The van der Waals surface area contributed by atoms with Crippen molar-refractivity contribution in [3.63, 3.8) is 0 Å². The Morgan fingerprint density at radius 3 is 1.73 bits per heavy atom. The molecule has 4 rings (SSSR count). The lowest BCUT2D eigenvalue weighted by atomic mass is 9.94. The van der Waals surface area contributed by atoms with Crippen molar-refractivity contribution >= 4 is 15.9 Å². The molecule has 0 amide bonds. The molecule has 2 bridgehead atoms. The second-order valence-corrected chi connectivity index (χ2v) is 4.18. The van der Waals surface area contributed by atoms with E-state index in [-0.39, 0.29) is 0 Å². The molecule has 0 N–H and O–H groups in total. The van der Waals surface area contributed by atoms with Gasteiger partial charge >= 0.3 is 0 Å². The van der Waals surface area contributed by atoms with Gasteiger partial charge in [0.15, 0.2) is 0 Å². The van der Waals surface area contributed by atoms with Crippen LogP contribution < -0.4 is 0 Å². The van der Waals surface area contributed by atoms with E-state index in [1.54, 1.807) is 0 Å². The van der Waals surface area contributed by atoms with Crippen molar-refractivity contribution in [1.82, 2.24) is 0 Å². The van der Waals surface area contributed by atoms with Gasteiger partial charge in [0.1, 0.15) is 0 Å². The largest absolute Gasteiger partial charge is 0.0876 e. The predicted octanol–water partition coefficient (Wildman–Crippen LogP) is 4.17. The lowest BCUT2D eigenvalue weighted by Gasteiger charge is -2.11. The Kier molecular flexibility index (Phi) is 3.57. The molecule has 2 aromatic rings. The predicted molar refractivity (Wildman–Crippen MR) is 68.3 cm³/mol. The van der Waals surface area contributed by atoms with Crippen molar-refractivity contribution in [2.75, 3.05) is 0 Å². The Morgan fingerprint density at radius 2 is 1.47 bits per heavy atom. The Morgan fingerprint density at radius 1 is 0.867 bits per heavy atom. The van der Waals surface area contributed by atoms with Crippen molar-refractivity contribution in [3.8, 4) is 0 Å². The molecule has 2 aromatic carbocycles. The quantitative estimate of drug-likeness (QED) is 0.577. The zero-order valence-corrected chi connectivity index (χ0v) is 10.1. The van der Waals surface area contributed by atoms with Crippen LogP contribution in [0.2, 0.25) is 0 Å². The van der Waals surface area contributed by atoms with Crippen molar-refractivity contribution in [3.05, 3.63) is 71.3 Å². The minimum Gasteiger partial charge on any atom is -0.0876 e. The molecule has 2 aliphatic carbocycles. The Labute approximate surface area is 99.1 Å². The summed E-state index contributed by atoms with van der Waals surface area (Å²) in [7, 11) is 0. The third kappa shape index (κ3) is 2.93. The van der Waals surface area contributed by atoms with Gasteiger partial charge in [-0.15, -0.1) is 0 Å². The van der Waals surface area contributed by atoms with E-state index in [0.29, 0.717) is 0 Å². The van der Waals surface area contributed by atoms with Crippen molar-refractivity contribution in [2.45, 2.75) is 11.8 Å². The van der Waals surface area contributed by atoms with Gasteiger partial charge in [0.25, 0.3) is 0 Å². The zero-order valence-electron chi connectivity index (χ0n) is 8.49. The average molecular weight is 261 g/mol. The van der Waals surface area contributed by atoms with Gasteiger partial charge in [-0.2, -0.15) is 0 Å². The third-order valence-electron chi connectivity index (χ3n) is 2.40. The molecule has 0 atom stereocenters. The zero-order chi connectivity index (χ0) is 10.5. The van der Waals surface area contributed by atoms with Crippen molar-refractivity contribution in [2.24, 2.45) is 0 Å². The van der Waals surface area contributed by atoms with Crippen LogP contribution in [0.25, 0.3) is 0 Å². The van der Waals surface area contributed by atoms with Gasteiger partial charge in [-0.05, 0) is 23.1 Å². The molecular formula is C14H13Br. The summed E-state index contributed by atoms with van der Waals surface area (Å²) in [6.45, 7) is 0. The smallest absolute Gasteiger partial charge is 0.0283 e. The van der Waals surface area contributed by atoms with Crippen LogP contribution in [0.15, 0.2) is 54.6 Å². The van der Waals surface area contributed by atoms with Crippen LogP contribution >= 0.6 is 15.9 Å². The summed E-state index contributed by atoms with van der Waals surface area (Å²) in [6.07, 6.45) is 1.22. The highest BCUT2D eigenvalue weighted by molar-refractivity contribution is 9.08. The van der Waals surface area contributed by atoms with Gasteiger partial charge in [0.2, 0.25) is 0 Å². The number of rotatable bonds is 1. The minimum atomic E-state index is 0.952. The summed E-state index contributed by atoms with van der Waals surface area (Å²) >= 11 is 3.36. The molecule has 0 aliphatic heterocycles. The molecular weight excluding hydrogens is 248 g/mol. The van der Waals surface area contributed by atoms with E-state index >= 15 is 0 Å². The highest BCUT2D eigenvalue weighted by atomic mass is 79.9. The number of hydrogen-bond acceptors (Lipinski definition) is 0. The molecule has 0 nitrogen and oxygen atoms in total. The van der Waals surface area contributed by atoms with Crippen LogP contribution in [0.5, 0.6) is 0 Å². The monoisotopic (exact) mass is 260 g/mol. The SMILES string of the molecule is BrCc1ccccc1.c1cc2cc(c1)C2. The molecule has 0 saturated carbocycles. The standard InChI is InChI=1S/C7H7Br.C7H6/c8-6-7-4-2-1-3-5-7;1-2-6-4-7(3-1)5-6/h1-5H,6H2;1-4H,5H2. The van der Waals surface area contributed by atoms with Crippen LogP contribution in [-0.2, 0) is 11.8 Å². The van der Waals surface area contributed by atoms with Gasteiger partial charge in [-0.25, -0.2) is 0 Å². The van der Waals surface area contributed by atoms with Crippen LogP contribution in [-0.4, -0.2) is 0 Å². The maximum Gasteiger partial charge on any atom is 0.0283 e. The number of halogens is 1. The lowest BCUT2D eigenvalue weighted by molar-refractivity contribution is 1.09. The van der Waals surface area contributed by atoms with E-state index in [1.165, 1.54) is 23.1 Å². The summed E-state index contributed by atoms with van der Waals surface area (Å²) in [4.78, 5) is 0. The fourth-order valence-corrected chi connectivity index (χ4v) is 1.90. The average Bonchev–Trinajstić information content (AvgIpc) is 2.31. The fourth-order valence-electron chi connectivity index (χ4n) is 1.52. The van der Waals surface area contributed by atoms with E-state index in [1.807, 2.05) is 18.2 Å². The van der Waals surface area contributed by atoms with E-state index in [0.717, 1.165) is 5.33 Å². The third-order valence-corrected chi connectivity index (χ3v) is 3.04. The van der Waals surface area contributed by atoms with E-state index < -0.39 is 0 Å². The first kappa shape index (κ1) is 10.4.